The first-order chi connectivity index (χ1) is 9.52. The monoisotopic (exact) mass is 295 g/mol. The number of H-pyrrole nitrogens is 1. The van der Waals surface area contributed by atoms with Crippen LogP contribution in [0, 0.1) is 0 Å². The number of carbonyl (C=O) groups excluding carboxylic acids is 2. The number of hydrogen-bond acceptors (Lipinski definition) is 4. The Morgan fingerprint density at radius 3 is 2.85 bits per heavy atom. The van der Waals surface area contributed by atoms with Gasteiger partial charge in [-0.15, -0.1) is 0 Å². The highest BCUT2D eigenvalue weighted by atomic mass is 35.5. The maximum absolute atomic E-state index is 11.8. The summed E-state index contributed by atoms with van der Waals surface area (Å²) in [5.74, 6) is -1.10. The Hall–Kier alpha value is -2.01. The number of ether oxygens (including phenoxy) is 2. The molecule has 1 heterocycles. The zero-order valence-electron chi connectivity index (χ0n) is 11.1. The van der Waals surface area contributed by atoms with Crippen LogP contribution >= 0.6 is 11.6 Å². The van der Waals surface area contributed by atoms with E-state index >= 15 is 0 Å². The molecule has 0 fully saturated rings. The lowest BCUT2D eigenvalue weighted by Gasteiger charge is -2.10. The first-order valence-electron chi connectivity index (χ1n) is 6.04. The lowest BCUT2D eigenvalue weighted by atomic mass is 10.1. The molecule has 0 unspecified atom stereocenters. The third kappa shape index (κ3) is 2.93. The van der Waals surface area contributed by atoms with Gasteiger partial charge in [0.05, 0.1) is 18.6 Å². The minimum absolute atomic E-state index is 0.0328. The van der Waals surface area contributed by atoms with Crippen molar-refractivity contribution in [1.29, 1.82) is 0 Å². The second-order valence-electron chi connectivity index (χ2n) is 4.31. The topological polar surface area (TPSA) is 68.4 Å². The first-order valence-corrected chi connectivity index (χ1v) is 6.42. The molecule has 20 heavy (non-hydrogen) atoms. The van der Waals surface area contributed by atoms with Crippen LogP contribution in [-0.2, 0) is 25.5 Å². The van der Waals surface area contributed by atoms with Crippen molar-refractivity contribution in [2.24, 2.45) is 0 Å². The number of halogens is 1. The lowest BCUT2D eigenvalue weighted by Crippen LogP contribution is -2.26. The molecule has 1 aromatic heterocycles. The van der Waals surface area contributed by atoms with Crippen molar-refractivity contribution in [1.82, 2.24) is 4.98 Å². The molecule has 6 heteroatoms. The molecule has 2 aromatic rings. The number of benzene rings is 1. The molecular formula is C14H14ClNO4. The summed E-state index contributed by atoms with van der Waals surface area (Å²) in [5, 5.41) is 1.35. The third-order valence-corrected chi connectivity index (χ3v) is 3.23. The fraction of sp³-hybridized carbons (Fsp3) is 0.286. The van der Waals surface area contributed by atoms with Gasteiger partial charge in [0.1, 0.15) is 0 Å². The molecule has 0 saturated heterocycles. The Morgan fingerprint density at radius 1 is 1.40 bits per heavy atom. The Labute approximate surface area is 120 Å². The summed E-state index contributed by atoms with van der Waals surface area (Å²) >= 11 is 6.12. The number of hydrogen-bond donors (Lipinski definition) is 1. The highest BCUT2D eigenvalue weighted by Crippen LogP contribution is 2.27. The number of methoxy groups -OCH3 is 1. The van der Waals surface area contributed by atoms with E-state index in [1.807, 2.05) is 12.1 Å². The molecular weight excluding hydrogens is 282 g/mol. The number of rotatable bonds is 4. The summed E-state index contributed by atoms with van der Waals surface area (Å²) < 4.78 is 9.49. The van der Waals surface area contributed by atoms with Gasteiger partial charge in [-0.25, -0.2) is 4.79 Å². The van der Waals surface area contributed by atoms with Crippen LogP contribution in [0.25, 0.3) is 10.9 Å². The van der Waals surface area contributed by atoms with E-state index < -0.39 is 18.0 Å². The highest BCUT2D eigenvalue weighted by molar-refractivity contribution is 6.35. The van der Waals surface area contributed by atoms with Gasteiger partial charge < -0.3 is 14.5 Å². The predicted octanol–water partition coefficient (Wildman–Crippen LogP) is 2.47. The van der Waals surface area contributed by atoms with E-state index in [4.69, 9.17) is 16.3 Å². The lowest BCUT2D eigenvalue weighted by molar-refractivity contribution is -0.164. The standard InChI is InChI=1S/C14H14ClNO4/c1-8(14(18)19-2)20-12(17)6-9-7-16-11-5-3-4-10(15)13(9)11/h3-5,7-8,16H,6H2,1-2H3/t8-/m0/s1. The zero-order chi connectivity index (χ0) is 14.7. The Kier molecular flexibility index (Phi) is 4.29. The van der Waals surface area contributed by atoms with E-state index in [9.17, 15) is 9.59 Å². The minimum atomic E-state index is -0.923. The van der Waals surface area contributed by atoms with Crippen molar-refractivity contribution >= 4 is 34.4 Å². The number of esters is 2. The second-order valence-corrected chi connectivity index (χ2v) is 4.72. The Bertz CT molecular complexity index is 650. The molecule has 0 bridgehead atoms. The molecule has 0 spiro atoms. The van der Waals surface area contributed by atoms with Gasteiger partial charge in [-0.2, -0.15) is 0 Å². The zero-order valence-corrected chi connectivity index (χ0v) is 11.9. The number of carbonyl (C=O) groups is 2. The van der Waals surface area contributed by atoms with Crippen molar-refractivity contribution in [3.8, 4) is 0 Å². The molecule has 5 nitrogen and oxygen atoms in total. The molecule has 0 amide bonds. The molecule has 0 aliphatic heterocycles. The SMILES string of the molecule is COC(=O)[C@H](C)OC(=O)Cc1c[nH]c2cccc(Cl)c12. The maximum Gasteiger partial charge on any atom is 0.346 e. The summed E-state index contributed by atoms with van der Waals surface area (Å²) in [7, 11) is 1.24. The quantitative estimate of drug-likeness (QED) is 0.880. The molecule has 0 saturated carbocycles. The van der Waals surface area contributed by atoms with E-state index in [2.05, 4.69) is 9.72 Å². The number of aromatic nitrogens is 1. The molecule has 1 atom stereocenters. The Morgan fingerprint density at radius 2 is 2.15 bits per heavy atom. The minimum Gasteiger partial charge on any atom is -0.466 e. The normalized spacial score (nSPS) is 12.2. The van der Waals surface area contributed by atoms with Crippen molar-refractivity contribution < 1.29 is 19.1 Å². The summed E-state index contributed by atoms with van der Waals surface area (Å²) in [4.78, 5) is 26.0. The van der Waals surface area contributed by atoms with Gasteiger partial charge in [0.15, 0.2) is 6.10 Å². The van der Waals surface area contributed by atoms with Crippen LogP contribution in [0.5, 0.6) is 0 Å². The van der Waals surface area contributed by atoms with Gasteiger partial charge in [0, 0.05) is 17.1 Å². The second kappa shape index (κ2) is 5.96. The smallest absolute Gasteiger partial charge is 0.346 e. The largest absolute Gasteiger partial charge is 0.466 e. The fourth-order valence-electron chi connectivity index (χ4n) is 1.96. The number of fused-ring (bicyclic) bond motifs is 1. The van der Waals surface area contributed by atoms with Crippen molar-refractivity contribution in [2.75, 3.05) is 7.11 Å². The van der Waals surface area contributed by atoms with Crippen LogP contribution in [0.3, 0.4) is 0 Å². The van der Waals surface area contributed by atoms with Crippen LogP contribution in [0.2, 0.25) is 5.02 Å². The summed E-state index contributed by atoms with van der Waals surface area (Å²) in [5.41, 5.74) is 1.58. The van der Waals surface area contributed by atoms with E-state index in [0.29, 0.717) is 5.02 Å². The molecule has 1 N–H and O–H groups in total. The van der Waals surface area contributed by atoms with Gasteiger partial charge in [-0.3, -0.25) is 4.79 Å². The summed E-state index contributed by atoms with van der Waals surface area (Å²) in [6.45, 7) is 1.46. The van der Waals surface area contributed by atoms with E-state index in [1.54, 1.807) is 12.3 Å². The van der Waals surface area contributed by atoms with Gasteiger partial charge in [-0.05, 0) is 24.6 Å². The van der Waals surface area contributed by atoms with Crippen LogP contribution < -0.4 is 0 Å². The van der Waals surface area contributed by atoms with Gasteiger partial charge in [-0.1, -0.05) is 17.7 Å². The third-order valence-electron chi connectivity index (χ3n) is 2.91. The van der Waals surface area contributed by atoms with Crippen LogP contribution in [0.1, 0.15) is 12.5 Å². The van der Waals surface area contributed by atoms with Crippen molar-refractivity contribution in [3.63, 3.8) is 0 Å². The Balaban J connectivity index is 2.13. The van der Waals surface area contributed by atoms with Gasteiger partial charge >= 0.3 is 11.9 Å². The molecule has 0 aliphatic carbocycles. The maximum atomic E-state index is 11.8. The fourth-order valence-corrected chi connectivity index (χ4v) is 2.25. The summed E-state index contributed by atoms with van der Waals surface area (Å²) in [6, 6.07) is 5.44. The molecule has 106 valence electrons. The molecule has 0 aliphatic rings. The highest BCUT2D eigenvalue weighted by Gasteiger charge is 2.19. The van der Waals surface area contributed by atoms with E-state index in [-0.39, 0.29) is 6.42 Å². The van der Waals surface area contributed by atoms with Crippen LogP contribution in [-0.4, -0.2) is 30.1 Å². The number of nitrogens with one attached hydrogen (secondary N) is 1. The molecule has 2 rings (SSSR count). The van der Waals surface area contributed by atoms with Crippen molar-refractivity contribution in [2.45, 2.75) is 19.4 Å². The number of aromatic amines is 1. The first kappa shape index (κ1) is 14.4. The van der Waals surface area contributed by atoms with E-state index in [1.165, 1.54) is 14.0 Å². The average molecular weight is 296 g/mol. The average Bonchev–Trinajstić information content (AvgIpc) is 2.82. The van der Waals surface area contributed by atoms with E-state index in [0.717, 1.165) is 16.5 Å². The van der Waals surface area contributed by atoms with Crippen LogP contribution in [0.4, 0.5) is 0 Å². The van der Waals surface area contributed by atoms with Gasteiger partial charge in [0.25, 0.3) is 0 Å². The van der Waals surface area contributed by atoms with Gasteiger partial charge in [0.2, 0.25) is 0 Å². The van der Waals surface area contributed by atoms with Crippen molar-refractivity contribution in [3.05, 3.63) is 35.0 Å². The predicted molar refractivity (Wildman–Crippen MR) is 74.6 cm³/mol. The molecule has 1 aromatic carbocycles. The summed E-state index contributed by atoms with van der Waals surface area (Å²) in [6.07, 6.45) is 0.819. The van der Waals surface area contributed by atoms with Crippen LogP contribution in [0.15, 0.2) is 24.4 Å². The molecule has 0 radical (unpaired) electrons.